The molecule has 0 unspecified atom stereocenters. The van der Waals surface area contributed by atoms with E-state index in [0.29, 0.717) is 17.0 Å². The van der Waals surface area contributed by atoms with Gasteiger partial charge in [0.1, 0.15) is 5.75 Å². The molecule has 0 saturated carbocycles. The van der Waals surface area contributed by atoms with Crippen LogP contribution in [0.1, 0.15) is 25.7 Å². The van der Waals surface area contributed by atoms with Gasteiger partial charge in [0.15, 0.2) is 14.6 Å². The first-order valence-corrected chi connectivity index (χ1v) is 11.6. The molecule has 0 atom stereocenters. The monoisotopic (exact) mass is 524 g/mol. The number of pyridine rings is 1. The second-order valence-corrected chi connectivity index (χ2v) is 9.78. The van der Waals surface area contributed by atoms with Crippen molar-refractivity contribution in [1.82, 2.24) is 10.5 Å². The van der Waals surface area contributed by atoms with E-state index in [0.717, 1.165) is 0 Å². The minimum absolute atomic E-state index is 0. The summed E-state index contributed by atoms with van der Waals surface area (Å²) in [6, 6.07) is 8.93. The molecule has 1 aromatic heterocycles. The van der Waals surface area contributed by atoms with E-state index in [9.17, 15) is 26.4 Å². The summed E-state index contributed by atoms with van der Waals surface area (Å²) in [4.78, 5) is 16.4. The van der Waals surface area contributed by atoms with Gasteiger partial charge >= 0.3 is 6.18 Å². The Bertz CT molecular complexity index is 1060. The fraction of sp³-hybridized carbons (Fsp3) is 0.429. The number of benzene rings is 1. The highest BCUT2D eigenvalue weighted by Gasteiger charge is 2.52. The Morgan fingerprint density at radius 3 is 2.32 bits per heavy atom. The first-order valence-electron chi connectivity index (χ1n) is 10.1. The number of ether oxygens (including phenoxy) is 2. The van der Waals surface area contributed by atoms with Crippen molar-refractivity contribution in [2.24, 2.45) is 0 Å². The fourth-order valence-corrected chi connectivity index (χ4v) is 5.49. The number of halogens is 4. The Labute approximate surface area is 200 Å². The number of sulfone groups is 1. The predicted molar refractivity (Wildman–Crippen MR) is 118 cm³/mol. The van der Waals surface area contributed by atoms with E-state index in [-0.39, 0.29) is 56.4 Å². The highest BCUT2D eigenvalue weighted by atomic mass is 35.5. The van der Waals surface area contributed by atoms with Crippen LogP contribution in [0.5, 0.6) is 5.75 Å². The summed E-state index contributed by atoms with van der Waals surface area (Å²) >= 11 is 0. The van der Waals surface area contributed by atoms with E-state index in [1.807, 2.05) is 0 Å². The maximum atomic E-state index is 13.3. The third kappa shape index (κ3) is 6.17. The van der Waals surface area contributed by atoms with Gasteiger partial charge in [0.25, 0.3) is 5.91 Å². The number of carbonyl (C=O) groups is 1. The van der Waals surface area contributed by atoms with Gasteiger partial charge in [-0.2, -0.15) is 13.2 Å². The Kier molecular flexibility index (Phi) is 9.29. The smallest absolute Gasteiger partial charge is 0.389 e. The van der Waals surface area contributed by atoms with Gasteiger partial charge in [-0.15, -0.1) is 12.4 Å². The van der Waals surface area contributed by atoms with Crippen molar-refractivity contribution in [2.75, 3.05) is 19.8 Å². The van der Waals surface area contributed by atoms with Crippen LogP contribution in [0.2, 0.25) is 0 Å². The first kappa shape index (κ1) is 27.8. The number of nitrogens with zero attached hydrogens (tertiary/aromatic N) is 1. The van der Waals surface area contributed by atoms with Crippen LogP contribution in [-0.2, 0) is 19.4 Å². The molecule has 34 heavy (non-hydrogen) atoms. The number of alkyl halides is 3. The van der Waals surface area contributed by atoms with Crippen molar-refractivity contribution in [3.05, 3.63) is 42.6 Å². The summed E-state index contributed by atoms with van der Waals surface area (Å²) in [6.45, 7) is 0.0415. The van der Waals surface area contributed by atoms with E-state index in [1.165, 1.54) is 35.9 Å². The summed E-state index contributed by atoms with van der Waals surface area (Å²) in [5.41, 5.74) is 2.55. The van der Waals surface area contributed by atoms with E-state index < -0.39 is 33.1 Å². The zero-order chi connectivity index (χ0) is 24.1. The van der Waals surface area contributed by atoms with Crippen molar-refractivity contribution < 1.29 is 41.1 Å². The molecule has 1 amide bonds. The van der Waals surface area contributed by atoms with E-state index in [4.69, 9.17) is 14.7 Å². The number of hydroxylamine groups is 1. The lowest BCUT2D eigenvalue weighted by atomic mass is 9.98. The number of rotatable bonds is 8. The second-order valence-electron chi connectivity index (χ2n) is 7.52. The van der Waals surface area contributed by atoms with E-state index >= 15 is 0 Å². The standard InChI is InChI=1S/C21H23F3N2O6S.ClH/c22-21(23,24)8-1-11-32-16-4-7-18(25-14-16)15-2-5-17(6-3-15)33(29,30)20(19(27)26-28)9-12-31-13-10-20;/h2-7,14,28H,1,8-13H2,(H,26,27);1H. The number of nitrogens with one attached hydrogen (secondary N) is 1. The lowest BCUT2D eigenvalue weighted by Gasteiger charge is -2.34. The SMILES string of the molecule is Cl.O=C(NO)C1(S(=O)(=O)c2ccc(-c3ccc(OCCCC(F)(F)F)cn3)cc2)CCOCC1. The Balaban J connectivity index is 0.00000408. The molecular weight excluding hydrogens is 501 g/mol. The number of hydrogen-bond donors (Lipinski definition) is 2. The molecule has 1 saturated heterocycles. The molecule has 0 aliphatic carbocycles. The molecule has 1 fully saturated rings. The van der Waals surface area contributed by atoms with Crippen LogP contribution >= 0.6 is 12.4 Å². The molecule has 3 rings (SSSR count). The molecule has 2 aromatic rings. The number of amides is 1. The van der Waals surface area contributed by atoms with Crippen molar-refractivity contribution >= 4 is 28.2 Å². The fourth-order valence-electron chi connectivity index (χ4n) is 3.55. The second kappa shape index (κ2) is 11.3. The summed E-state index contributed by atoms with van der Waals surface area (Å²) in [5.74, 6) is -0.682. The molecular formula is C21H24ClF3N2O6S. The minimum atomic E-state index is -4.22. The van der Waals surface area contributed by atoms with Gasteiger partial charge in [0, 0.05) is 25.2 Å². The average Bonchev–Trinajstić information content (AvgIpc) is 2.81. The van der Waals surface area contributed by atoms with Crippen LogP contribution in [0.25, 0.3) is 11.3 Å². The molecule has 1 aliphatic heterocycles. The molecule has 188 valence electrons. The largest absolute Gasteiger partial charge is 0.492 e. The molecule has 2 N–H and O–H groups in total. The summed E-state index contributed by atoms with van der Waals surface area (Å²) < 4.78 is 71.6. The molecule has 0 radical (unpaired) electrons. The van der Waals surface area contributed by atoms with Crippen molar-refractivity contribution in [1.29, 1.82) is 0 Å². The maximum Gasteiger partial charge on any atom is 0.389 e. The number of carbonyl (C=O) groups excluding carboxylic acids is 1. The molecule has 1 aromatic carbocycles. The predicted octanol–water partition coefficient (Wildman–Crippen LogP) is 3.72. The zero-order valence-electron chi connectivity index (χ0n) is 17.9. The number of hydrogen-bond acceptors (Lipinski definition) is 7. The maximum absolute atomic E-state index is 13.3. The normalized spacial score (nSPS) is 15.8. The van der Waals surface area contributed by atoms with Gasteiger partial charge in [-0.25, -0.2) is 13.9 Å². The van der Waals surface area contributed by atoms with Crippen LogP contribution in [0.4, 0.5) is 13.2 Å². The molecule has 0 bridgehead atoms. The zero-order valence-corrected chi connectivity index (χ0v) is 19.5. The molecule has 1 aliphatic rings. The summed E-state index contributed by atoms with van der Waals surface area (Å²) in [6.07, 6.45) is -4.12. The average molecular weight is 525 g/mol. The van der Waals surface area contributed by atoms with Crippen molar-refractivity contribution in [3.8, 4) is 17.0 Å². The lowest BCUT2D eigenvalue weighted by Crippen LogP contribution is -2.54. The third-order valence-corrected chi connectivity index (χ3v) is 7.92. The van der Waals surface area contributed by atoms with E-state index in [1.54, 1.807) is 12.1 Å². The summed E-state index contributed by atoms with van der Waals surface area (Å²) in [5, 5.41) is 9.11. The van der Waals surface area contributed by atoms with Gasteiger partial charge < -0.3 is 9.47 Å². The van der Waals surface area contributed by atoms with Gasteiger partial charge in [-0.05, 0) is 43.5 Å². The molecule has 13 heteroatoms. The van der Waals surface area contributed by atoms with Gasteiger partial charge in [0.05, 0.1) is 23.4 Å². The van der Waals surface area contributed by atoms with Crippen LogP contribution in [-0.4, -0.2) is 55.3 Å². The molecule has 8 nitrogen and oxygen atoms in total. The number of aromatic nitrogens is 1. The van der Waals surface area contributed by atoms with Gasteiger partial charge in [-0.1, -0.05) is 12.1 Å². The van der Waals surface area contributed by atoms with Crippen LogP contribution in [0.15, 0.2) is 47.5 Å². The van der Waals surface area contributed by atoms with Crippen LogP contribution < -0.4 is 10.2 Å². The topological polar surface area (TPSA) is 115 Å². The van der Waals surface area contributed by atoms with Crippen LogP contribution in [0, 0.1) is 0 Å². The van der Waals surface area contributed by atoms with E-state index in [2.05, 4.69) is 4.98 Å². The highest BCUT2D eigenvalue weighted by Crippen LogP contribution is 2.36. The quantitative estimate of drug-likeness (QED) is 0.307. The van der Waals surface area contributed by atoms with Crippen molar-refractivity contribution in [2.45, 2.75) is 41.5 Å². The molecule has 2 heterocycles. The minimum Gasteiger partial charge on any atom is -0.492 e. The summed E-state index contributed by atoms with van der Waals surface area (Å²) in [7, 11) is -4.14. The van der Waals surface area contributed by atoms with Crippen molar-refractivity contribution in [3.63, 3.8) is 0 Å². The van der Waals surface area contributed by atoms with Gasteiger partial charge in [-0.3, -0.25) is 15.0 Å². The molecule has 0 spiro atoms. The Morgan fingerprint density at radius 1 is 1.15 bits per heavy atom. The lowest BCUT2D eigenvalue weighted by molar-refractivity contribution is -0.136. The highest BCUT2D eigenvalue weighted by molar-refractivity contribution is 7.93. The third-order valence-electron chi connectivity index (χ3n) is 5.40. The van der Waals surface area contributed by atoms with Crippen LogP contribution in [0.3, 0.4) is 0 Å². The first-order chi connectivity index (χ1) is 15.6. The Hall–Kier alpha value is -2.41. The Morgan fingerprint density at radius 2 is 1.79 bits per heavy atom. The van der Waals surface area contributed by atoms with Gasteiger partial charge in [0.2, 0.25) is 0 Å².